The molecule has 0 aromatic carbocycles. The lowest BCUT2D eigenvalue weighted by Crippen LogP contribution is -2.28. The van der Waals surface area contributed by atoms with E-state index in [1.54, 1.807) is 12.3 Å². The van der Waals surface area contributed by atoms with Gasteiger partial charge in [-0.15, -0.1) is 5.10 Å². The molecule has 1 aromatic rings. The molecule has 1 aliphatic rings. The Bertz CT molecular complexity index is 410. The smallest absolute Gasteiger partial charge is 0.166 e. The van der Waals surface area contributed by atoms with Gasteiger partial charge in [-0.25, -0.2) is 0 Å². The molecule has 1 aliphatic carbocycles. The van der Waals surface area contributed by atoms with Crippen LogP contribution in [0, 0.1) is 17.2 Å². The summed E-state index contributed by atoms with van der Waals surface area (Å²) >= 11 is 0. The van der Waals surface area contributed by atoms with Crippen LogP contribution in [0.25, 0.3) is 0 Å². The van der Waals surface area contributed by atoms with E-state index in [1.807, 2.05) is 0 Å². The quantitative estimate of drug-likeness (QED) is 0.867. The van der Waals surface area contributed by atoms with E-state index in [0.29, 0.717) is 17.4 Å². The largest absolute Gasteiger partial charge is 0.365 e. The van der Waals surface area contributed by atoms with Crippen LogP contribution in [0.5, 0.6) is 0 Å². The zero-order valence-electron chi connectivity index (χ0n) is 10.2. The van der Waals surface area contributed by atoms with Crippen molar-refractivity contribution >= 4 is 5.82 Å². The first kappa shape index (κ1) is 11.8. The predicted molar refractivity (Wildman–Crippen MR) is 66.4 cm³/mol. The first-order valence-electron chi connectivity index (χ1n) is 6.31. The second-order valence-corrected chi connectivity index (χ2v) is 4.69. The molecule has 1 heterocycles. The van der Waals surface area contributed by atoms with E-state index >= 15 is 0 Å². The highest BCUT2D eigenvalue weighted by atomic mass is 15.2. The van der Waals surface area contributed by atoms with Crippen molar-refractivity contribution in [2.24, 2.45) is 5.92 Å². The van der Waals surface area contributed by atoms with E-state index in [0.717, 1.165) is 12.3 Å². The maximum atomic E-state index is 8.99. The highest BCUT2D eigenvalue weighted by Gasteiger charge is 2.21. The van der Waals surface area contributed by atoms with Crippen molar-refractivity contribution in [3.8, 4) is 6.07 Å². The minimum atomic E-state index is 0.442. The van der Waals surface area contributed by atoms with Crippen molar-refractivity contribution in [3.63, 3.8) is 0 Å². The fraction of sp³-hybridized carbons (Fsp3) is 0.615. The Balaban J connectivity index is 2.03. The van der Waals surface area contributed by atoms with Gasteiger partial charge in [0.15, 0.2) is 5.82 Å². The minimum Gasteiger partial charge on any atom is -0.365 e. The number of hydrogen-bond donors (Lipinski definition) is 1. The van der Waals surface area contributed by atoms with Gasteiger partial charge in [0.05, 0.1) is 11.8 Å². The Morgan fingerprint density at radius 1 is 1.53 bits per heavy atom. The third-order valence-corrected chi connectivity index (χ3v) is 3.54. The van der Waals surface area contributed by atoms with Crippen LogP contribution in [-0.2, 0) is 0 Å². The first-order chi connectivity index (χ1) is 8.33. The van der Waals surface area contributed by atoms with E-state index in [-0.39, 0.29) is 0 Å². The second kappa shape index (κ2) is 5.62. The Kier molecular flexibility index (Phi) is 3.92. The molecule has 0 bridgehead atoms. The van der Waals surface area contributed by atoms with Crippen LogP contribution >= 0.6 is 0 Å². The molecule has 0 spiro atoms. The van der Waals surface area contributed by atoms with Crippen LogP contribution in [0.15, 0.2) is 12.3 Å². The monoisotopic (exact) mass is 230 g/mol. The number of aromatic nitrogens is 2. The number of rotatable bonds is 3. The Morgan fingerprint density at radius 2 is 2.41 bits per heavy atom. The van der Waals surface area contributed by atoms with Gasteiger partial charge in [0.2, 0.25) is 0 Å². The minimum absolute atomic E-state index is 0.442. The first-order valence-corrected chi connectivity index (χ1v) is 6.31. The van der Waals surface area contributed by atoms with Crippen LogP contribution in [-0.4, -0.2) is 16.2 Å². The molecule has 2 atom stereocenters. The summed E-state index contributed by atoms with van der Waals surface area (Å²) in [5.74, 6) is 1.44. The van der Waals surface area contributed by atoms with Gasteiger partial charge < -0.3 is 5.32 Å². The molecule has 2 rings (SSSR count). The maximum Gasteiger partial charge on any atom is 0.166 e. The molecule has 0 saturated heterocycles. The van der Waals surface area contributed by atoms with E-state index in [1.165, 1.54) is 25.7 Å². The molecular formula is C13H18N4. The molecule has 1 aromatic heterocycles. The number of anilines is 1. The van der Waals surface area contributed by atoms with Gasteiger partial charge in [0, 0.05) is 6.04 Å². The lowest BCUT2D eigenvalue weighted by Gasteiger charge is -2.29. The molecule has 1 fully saturated rings. The topological polar surface area (TPSA) is 61.6 Å². The van der Waals surface area contributed by atoms with Gasteiger partial charge in [-0.2, -0.15) is 10.4 Å². The summed E-state index contributed by atoms with van der Waals surface area (Å²) < 4.78 is 0. The van der Waals surface area contributed by atoms with Crippen molar-refractivity contribution < 1.29 is 0 Å². The van der Waals surface area contributed by atoms with E-state index in [9.17, 15) is 0 Å². The SMILES string of the molecule is CCC1CCCC(Nc2nnccc2C#N)C1. The van der Waals surface area contributed by atoms with Crippen LogP contribution in [0.3, 0.4) is 0 Å². The average Bonchev–Trinajstić information content (AvgIpc) is 2.39. The van der Waals surface area contributed by atoms with E-state index in [2.05, 4.69) is 28.5 Å². The van der Waals surface area contributed by atoms with Crippen LogP contribution < -0.4 is 5.32 Å². The zero-order valence-corrected chi connectivity index (χ0v) is 10.2. The van der Waals surface area contributed by atoms with Gasteiger partial charge in [-0.05, 0) is 24.8 Å². The van der Waals surface area contributed by atoms with E-state index < -0.39 is 0 Å². The van der Waals surface area contributed by atoms with Crippen molar-refractivity contribution in [1.82, 2.24) is 10.2 Å². The third kappa shape index (κ3) is 2.94. The number of nitrogens with zero attached hydrogens (tertiary/aromatic N) is 3. The molecule has 0 radical (unpaired) electrons. The molecule has 4 nitrogen and oxygen atoms in total. The van der Waals surface area contributed by atoms with Crippen LogP contribution in [0.4, 0.5) is 5.82 Å². The molecule has 1 N–H and O–H groups in total. The van der Waals surface area contributed by atoms with Crippen LogP contribution in [0.2, 0.25) is 0 Å². The number of hydrogen-bond acceptors (Lipinski definition) is 4. The normalized spacial score (nSPS) is 24.0. The third-order valence-electron chi connectivity index (χ3n) is 3.54. The lowest BCUT2D eigenvalue weighted by atomic mass is 9.84. The van der Waals surface area contributed by atoms with Gasteiger partial charge in [0.25, 0.3) is 0 Å². The van der Waals surface area contributed by atoms with Gasteiger partial charge in [-0.3, -0.25) is 0 Å². The Hall–Kier alpha value is -1.63. The average molecular weight is 230 g/mol. The summed E-state index contributed by atoms with van der Waals surface area (Å²) in [6.07, 6.45) is 7.73. The van der Waals surface area contributed by atoms with Crippen molar-refractivity contribution in [2.75, 3.05) is 5.32 Å². The van der Waals surface area contributed by atoms with Crippen molar-refractivity contribution in [1.29, 1.82) is 5.26 Å². The van der Waals surface area contributed by atoms with E-state index in [4.69, 9.17) is 5.26 Å². The van der Waals surface area contributed by atoms with Crippen molar-refractivity contribution in [2.45, 2.75) is 45.1 Å². The fourth-order valence-corrected chi connectivity index (χ4v) is 2.51. The highest BCUT2D eigenvalue weighted by molar-refractivity contribution is 5.50. The molecule has 1 saturated carbocycles. The molecular weight excluding hydrogens is 212 g/mol. The fourth-order valence-electron chi connectivity index (χ4n) is 2.51. The highest BCUT2D eigenvalue weighted by Crippen LogP contribution is 2.28. The summed E-state index contributed by atoms with van der Waals surface area (Å²) in [4.78, 5) is 0. The molecule has 90 valence electrons. The molecule has 17 heavy (non-hydrogen) atoms. The van der Waals surface area contributed by atoms with Crippen LogP contribution in [0.1, 0.15) is 44.6 Å². The molecule has 4 heteroatoms. The standard InChI is InChI=1S/C13H18N4/c1-2-10-4-3-5-12(8-10)16-13-11(9-14)6-7-15-17-13/h6-7,10,12H,2-5,8H2,1H3,(H,16,17). The van der Waals surface area contributed by atoms with Gasteiger partial charge in [-0.1, -0.05) is 26.2 Å². The molecule has 0 amide bonds. The zero-order chi connectivity index (χ0) is 12.1. The second-order valence-electron chi connectivity index (χ2n) is 4.69. The Labute approximate surface area is 102 Å². The summed E-state index contributed by atoms with van der Waals surface area (Å²) in [5, 5.41) is 20.2. The summed E-state index contributed by atoms with van der Waals surface area (Å²) in [6, 6.07) is 4.29. The summed E-state index contributed by atoms with van der Waals surface area (Å²) in [5.41, 5.74) is 0.582. The lowest BCUT2D eigenvalue weighted by molar-refractivity contribution is 0.327. The number of nitrogens with one attached hydrogen (secondary N) is 1. The number of nitriles is 1. The summed E-state index contributed by atoms with van der Waals surface area (Å²) in [7, 11) is 0. The maximum absolute atomic E-state index is 8.99. The Morgan fingerprint density at radius 3 is 3.18 bits per heavy atom. The van der Waals surface area contributed by atoms with Gasteiger partial charge in [0.1, 0.15) is 6.07 Å². The molecule has 2 unspecified atom stereocenters. The van der Waals surface area contributed by atoms with Crippen molar-refractivity contribution in [3.05, 3.63) is 17.8 Å². The predicted octanol–water partition coefficient (Wildman–Crippen LogP) is 2.73. The molecule has 0 aliphatic heterocycles. The van der Waals surface area contributed by atoms with Gasteiger partial charge >= 0.3 is 0 Å². The summed E-state index contributed by atoms with van der Waals surface area (Å²) in [6.45, 7) is 2.25.